The zero-order valence-electron chi connectivity index (χ0n) is 18.7. The van der Waals surface area contributed by atoms with Crippen LogP contribution in [0.15, 0.2) is 24.3 Å². The summed E-state index contributed by atoms with van der Waals surface area (Å²) >= 11 is 0. The highest BCUT2D eigenvalue weighted by molar-refractivity contribution is 5.95. The molecule has 1 aromatic heterocycles. The van der Waals surface area contributed by atoms with Crippen LogP contribution in [0.5, 0.6) is 0 Å². The normalized spacial score (nSPS) is 19.6. The number of anilines is 2. The first-order valence-corrected chi connectivity index (χ1v) is 11.5. The molecule has 0 N–H and O–H groups in total. The number of hydrogen-bond acceptors (Lipinski definition) is 6. The van der Waals surface area contributed by atoms with Crippen molar-refractivity contribution in [3.05, 3.63) is 46.6 Å². The molecule has 31 heavy (non-hydrogen) atoms. The van der Waals surface area contributed by atoms with Crippen LogP contribution >= 0.6 is 0 Å². The monoisotopic (exact) mass is 420 g/mol. The van der Waals surface area contributed by atoms with Crippen LogP contribution in [0, 0.1) is 6.92 Å². The maximum Gasteiger partial charge on any atom is 0.254 e. The molecule has 4 heterocycles. The molecule has 0 radical (unpaired) electrons. The van der Waals surface area contributed by atoms with E-state index in [-0.39, 0.29) is 5.91 Å². The Labute approximate surface area is 184 Å². The molecule has 7 heteroatoms. The van der Waals surface area contributed by atoms with Crippen molar-refractivity contribution in [1.82, 2.24) is 19.8 Å². The van der Waals surface area contributed by atoms with Gasteiger partial charge in [0.15, 0.2) is 0 Å². The SMILES string of the molecule is Cc1ccccc1C(=O)N1CCc2nc(N3CCN(C)CC3)nc(N3CCCC3)c2C1. The van der Waals surface area contributed by atoms with Gasteiger partial charge in [0.25, 0.3) is 5.91 Å². The maximum absolute atomic E-state index is 13.3. The van der Waals surface area contributed by atoms with Crippen LogP contribution in [0.3, 0.4) is 0 Å². The molecule has 0 aliphatic carbocycles. The molecule has 0 saturated carbocycles. The standard InChI is InChI=1S/C24H32N6O/c1-18-7-3-4-8-19(18)23(31)30-12-9-21-20(17-30)22(28-10-5-6-11-28)26-24(25-21)29-15-13-27(2)14-16-29/h3-4,7-8H,5-6,9-17H2,1-2H3. The van der Waals surface area contributed by atoms with Crippen LogP contribution in [0.1, 0.15) is 40.0 Å². The lowest BCUT2D eigenvalue weighted by molar-refractivity contribution is 0.0733. The topological polar surface area (TPSA) is 55.8 Å². The van der Waals surface area contributed by atoms with Gasteiger partial charge in [-0.25, -0.2) is 4.98 Å². The second-order valence-corrected chi connectivity index (χ2v) is 9.05. The number of carbonyl (C=O) groups is 1. The van der Waals surface area contributed by atoms with Gasteiger partial charge in [-0.3, -0.25) is 4.79 Å². The number of fused-ring (bicyclic) bond motifs is 1. The number of likely N-dealkylation sites (N-methyl/N-ethyl adjacent to an activating group) is 1. The maximum atomic E-state index is 13.3. The number of benzene rings is 1. The molecular formula is C24H32N6O. The molecule has 2 saturated heterocycles. The summed E-state index contributed by atoms with van der Waals surface area (Å²) < 4.78 is 0. The summed E-state index contributed by atoms with van der Waals surface area (Å²) in [7, 11) is 2.17. The van der Waals surface area contributed by atoms with E-state index in [1.54, 1.807) is 0 Å². The van der Waals surface area contributed by atoms with Crippen molar-refractivity contribution in [3.8, 4) is 0 Å². The smallest absolute Gasteiger partial charge is 0.254 e. The third kappa shape index (κ3) is 3.99. The molecule has 0 spiro atoms. The first-order chi connectivity index (χ1) is 15.1. The van der Waals surface area contributed by atoms with E-state index in [4.69, 9.17) is 9.97 Å². The summed E-state index contributed by atoms with van der Waals surface area (Å²) in [6, 6.07) is 7.86. The van der Waals surface area contributed by atoms with E-state index in [0.29, 0.717) is 13.1 Å². The Morgan fingerprint density at radius 2 is 1.65 bits per heavy atom. The first-order valence-electron chi connectivity index (χ1n) is 11.5. The zero-order chi connectivity index (χ0) is 21.4. The molecule has 0 unspecified atom stereocenters. The minimum atomic E-state index is 0.110. The van der Waals surface area contributed by atoms with Gasteiger partial charge in [-0.2, -0.15) is 4.98 Å². The molecule has 2 fully saturated rings. The van der Waals surface area contributed by atoms with Crippen molar-refractivity contribution in [2.24, 2.45) is 0 Å². The van der Waals surface area contributed by atoms with Crippen molar-refractivity contribution < 1.29 is 4.79 Å². The number of nitrogens with zero attached hydrogens (tertiary/aromatic N) is 6. The van der Waals surface area contributed by atoms with E-state index in [1.807, 2.05) is 36.1 Å². The van der Waals surface area contributed by atoms with Gasteiger partial charge >= 0.3 is 0 Å². The van der Waals surface area contributed by atoms with Crippen LogP contribution in [0.25, 0.3) is 0 Å². The van der Waals surface area contributed by atoms with Gasteiger partial charge < -0.3 is 19.6 Å². The number of rotatable bonds is 3. The number of carbonyl (C=O) groups excluding carboxylic acids is 1. The lowest BCUT2D eigenvalue weighted by Crippen LogP contribution is -2.45. The van der Waals surface area contributed by atoms with Crippen LogP contribution in [0.2, 0.25) is 0 Å². The number of piperazine rings is 1. The summed E-state index contributed by atoms with van der Waals surface area (Å²) in [6.45, 7) is 9.40. The van der Waals surface area contributed by atoms with Crippen LogP contribution in [0.4, 0.5) is 11.8 Å². The summed E-state index contributed by atoms with van der Waals surface area (Å²) in [6.07, 6.45) is 3.19. The zero-order valence-corrected chi connectivity index (χ0v) is 18.7. The highest BCUT2D eigenvalue weighted by Crippen LogP contribution is 2.32. The fourth-order valence-corrected chi connectivity index (χ4v) is 4.88. The van der Waals surface area contributed by atoms with Crippen molar-refractivity contribution in [1.29, 1.82) is 0 Å². The lowest BCUT2D eigenvalue weighted by Gasteiger charge is -2.35. The Bertz CT molecular complexity index is 963. The third-order valence-electron chi connectivity index (χ3n) is 6.88. The summed E-state index contributed by atoms with van der Waals surface area (Å²) in [5.41, 5.74) is 4.09. The molecular weight excluding hydrogens is 388 g/mol. The van der Waals surface area contributed by atoms with E-state index in [0.717, 1.165) is 79.8 Å². The Kier molecular flexibility index (Phi) is 5.52. The quantitative estimate of drug-likeness (QED) is 0.760. The summed E-state index contributed by atoms with van der Waals surface area (Å²) in [5.74, 6) is 2.03. The van der Waals surface area contributed by atoms with Crippen LogP contribution in [-0.2, 0) is 13.0 Å². The van der Waals surface area contributed by atoms with E-state index in [2.05, 4.69) is 21.7 Å². The molecule has 2 aromatic rings. The average Bonchev–Trinajstić information content (AvgIpc) is 3.33. The van der Waals surface area contributed by atoms with E-state index < -0.39 is 0 Å². The van der Waals surface area contributed by atoms with Gasteiger partial charge in [0.1, 0.15) is 5.82 Å². The van der Waals surface area contributed by atoms with Crippen LogP contribution < -0.4 is 9.80 Å². The van der Waals surface area contributed by atoms with Crippen molar-refractivity contribution in [2.75, 3.05) is 62.7 Å². The molecule has 0 atom stereocenters. The number of aryl methyl sites for hydroxylation is 1. The van der Waals surface area contributed by atoms with E-state index in [1.165, 1.54) is 12.8 Å². The molecule has 1 amide bonds. The predicted octanol–water partition coefficient (Wildman–Crippen LogP) is 2.34. The van der Waals surface area contributed by atoms with Crippen molar-refractivity contribution in [3.63, 3.8) is 0 Å². The first kappa shape index (κ1) is 20.2. The number of aromatic nitrogens is 2. The second kappa shape index (κ2) is 8.46. The Hall–Kier alpha value is -2.67. The largest absolute Gasteiger partial charge is 0.356 e. The molecule has 5 rings (SSSR count). The van der Waals surface area contributed by atoms with Gasteiger partial charge in [0.2, 0.25) is 5.95 Å². The molecule has 3 aliphatic heterocycles. The van der Waals surface area contributed by atoms with Gasteiger partial charge in [0, 0.05) is 63.4 Å². The molecule has 1 aromatic carbocycles. The minimum Gasteiger partial charge on any atom is -0.356 e. The molecule has 7 nitrogen and oxygen atoms in total. The Balaban J connectivity index is 1.46. The van der Waals surface area contributed by atoms with Crippen molar-refractivity contribution in [2.45, 2.75) is 32.7 Å². The van der Waals surface area contributed by atoms with Gasteiger partial charge in [-0.15, -0.1) is 0 Å². The Morgan fingerprint density at radius 3 is 2.39 bits per heavy atom. The summed E-state index contributed by atoms with van der Waals surface area (Å²) in [4.78, 5) is 32.4. The minimum absolute atomic E-state index is 0.110. The van der Waals surface area contributed by atoms with Crippen LogP contribution in [-0.4, -0.2) is 78.5 Å². The molecule has 164 valence electrons. The van der Waals surface area contributed by atoms with Crippen molar-refractivity contribution >= 4 is 17.7 Å². The second-order valence-electron chi connectivity index (χ2n) is 9.05. The van der Waals surface area contributed by atoms with Gasteiger partial charge in [0.05, 0.1) is 12.2 Å². The highest BCUT2D eigenvalue weighted by Gasteiger charge is 2.30. The van der Waals surface area contributed by atoms with Gasteiger partial charge in [-0.1, -0.05) is 18.2 Å². The third-order valence-corrected chi connectivity index (χ3v) is 6.88. The fraction of sp³-hybridized carbons (Fsp3) is 0.542. The van der Waals surface area contributed by atoms with E-state index in [9.17, 15) is 4.79 Å². The number of amides is 1. The molecule has 3 aliphatic rings. The average molecular weight is 421 g/mol. The fourth-order valence-electron chi connectivity index (χ4n) is 4.88. The van der Waals surface area contributed by atoms with Gasteiger partial charge in [-0.05, 0) is 38.4 Å². The van der Waals surface area contributed by atoms with E-state index >= 15 is 0 Å². The summed E-state index contributed by atoms with van der Waals surface area (Å²) in [5, 5.41) is 0. The molecule has 0 bridgehead atoms. The Morgan fingerprint density at radius 1 is 0.903 bits per heavy atom. The predicted molar refractivity (Wildman–Crippen MR) is 123 cm³/mol. The number of hydrogen-bond donors (Lipinski definition) is 0. The highest BCUT2D eigenvalue weighted by atomic mass is 16.2. The lowest BCUT2D eigenvalue weighted by atomic mass is 10.0.